The summed E-state index contributed by atoms with van der Waals surface area (Å²) in [6.07, 6.45) is 7.66. The predicted molar refractivity (Wildman–Crippen MR) is 91.7 cm³/mol. The maximum absolute atomic E-state index is 4.88. The quantitative estimate of drug-likeness (QED) is 0.606. The second kappa shape index (κ2) is 7.11. The highest BCUT2D eigenvalue weighted by molar-refractivity contribution is 5.75. The van der Waals surface area contributed by atoms with E-state index >= 15 is 0 Å². The number of para-hydroxylation sites is 2. The Balaban J connectivity index is 2.15. The lowest BCUT2D eigenvalue weighted by Crippen LogP contribution is -2.14. The van der Waals surface area contributed by atoms with Gasteiger partial charge in [-0.3, -0.25) is 0 Å². The fraction of sp³-hybridized carbons (Fsp3) is 0.632. The second-order valence-electron chi connectivity index (χ2n) is 7.32. The minimum atomic E-state index is 0.279. The molecular weight excluding hydrogens is 256 g/mol. The van der Waals surface area contributed by atoms with Crippen LogP contribution in [0.1, 0.15) is 65.6 Å². The van der Waals surface area contributed by atoms with E-state index in [0.717, 1.165) is 18.5 Å². The third kappa shape index (κ3) is 4.59. The first-order valence-corrected chi connectivity index (χ1v) is 8.45. The lowest BCUT2D eigenvalue weighted by molar-refractivity contribution is 0.391. The van der Waals surface area contributed by atoms with Crippen molar-refractivity contribution in [3.05, 3.63) is 30.1 Å². The molecule has 2 heteroatoms. The smallest absolute Gasteiger partial charge is 0.110 e. The average Bonchev–Trinajstić information content (AvgIpc) is 2.74. The van der Waals surface area contributed by atoms with E-state index in [1.165, 1.54) is 43.4 Å². The Labute approximate surface area is 129 Å². The van der Waals surface area contributed by atoms with Crippen LogP contribution in [0.15, 0.2) is 24.3 Å². The molecule has 0 spiro atoms. The van der Waals surface area contributed by atoms with Crippen molar-refractivity contribution in [3.63, 3.8) is 0 Å². The van der Waals surface area contributed by atoms with Gasteiger partial charge in [-0.1, -0.05) is 65.5 Å². The third-order valence-electron chi connectivity index (χ3n) is 3.91. The van der Waals surface area contributed by atoms with Gasteiger partial charge in [0.2, 0.25) is 0 Å². The zero-order valence-corrected chi connectivity index (χ0v) is 14.2. The van der Waals surface area contributed by atoms with Gasteiger partial charge in [0.25, 0.3) is 0 Å². The molecule has 0 radical (unpaired) electrons. The summed E-state index contributed by atoms with van der Waals surface area (Å²) in [4.78, 5) is 4.88. The highest BCUT2D eigenvalue weighted by atomic mass is 15.1. The van der Waals surface area contributed by atoms with E-state index in [0.29, 0.717) is 0 Å². The van der Waals surface area contributed by atoms with Gasteiger partial charge >= 0.3 is 0 Å². The summed E-state index contributed by atoms with van der Waals surface area (Å²) in [6.45, 7) is 10.2. The number of hydrogen-bond acceptors (Lipinski definition) is 1. The molecule has 116 valence electrons. The molecule has 0 unspecified atom stereocenters. The Morgan fingerprint density at radius 3 is 2.43 bits per heavy atom. The van der Waals surface area contributed by atoms with Crippen molar-refractivity contribution in [2.45, 2.75) is 72.8 Å². The monoisotopic (exact) mass is 286 g/mol. The largest absolute Gasteiger partial charge is 0.328 e. The third-order valence-corrected chi connectivity index (χ3v) is 3.91. The molecule has 0 bridgehead atoms. The maximum Gasteiger partial charge on any atom is 0.110 e. The van der Waals surface area contributed by atoms with Crippen LogP contribution in [0.4, 0.5) is 0 Å². The molecule has 0 amide bonds. The molecule has 2 rings (SSSR count). The zero-order chi connectivity index (χ0) is 15.3. The Bertz CT molecular complexity index is 560. The van der Waals surface area contributed by atoms with Crippen molar-refractivity contribution >= 4 is 11.0 Å². The molecule has 0 fully saturated rings. The predicted octanol–water partition coefficient (Wildman–Crippen LogP) is 5.60. The van der Waals surface area contributed by atoms with Crippen molar-refractivity contribution in [1.82, 2.24) is 9.55 Å². The molecule has 0 aliphatic rings. The van der Waals surface area contributed by atoms with Crippen LogP contribution >= 0.6 is 0 Å². The van der Waals surface area contributed by atoms with Crippen molar-refractivity contribution in [1.29, 1.82) is 0 Å². The van der Waals surface area contributed by atoms with E-state index in [-0.39, 0.29) is 5.41 Å². The second-order valence-corrected chi connectivity index (χ2v) is 7.32. The molecule has 0 atom stereocenters. The molecule has 2 aromatic rings. The first-order valence-electron chi connectivity index (χ1n) is 8.45. The Kier molecular flexibility index (Phi) is 5.44. The van der Waals surface area contributed by atoms with Gasteiger partial charge in [-0.2, -0.15) is 0 Å². The van der Waals surface area contributed by atoms with E-state index in [9.17, 15) is 0 Å². The topological polar surface area (TPSA) is 17.8 Å². The fourth-order valence-corrected chi connectivity index (χ4v) is 2.86. The summed E-state index contributed by atoms with van der Waals surface area (Å²) in [5.41, 5.74) is 2.72. The first-order chi connectivity index (χ1) is 10.0. The SMILES string of the molecule is CCCCCCCn1c(CC(C)(C)C)nc2ccccc21. The van der Waals surface area contributed by atoms with E-state index < -0.39 is 0 Å². The van der Waals surface area contributed by atoms with Crippen molar-refractivity contribution in [3.8, 4) is 0 Å². The standard InChI is InChI=1S/C19H30N2/c1-5-6-7-8-11-14-21-17-13-10-9-12-16(17)20-18(21)15-19(2,3)4/h9-10,12-13H,5-8,11,14-15H2,1-4H3. The molecule has 0 aliphatic carbocycles. The minimum Gasteiger partial charge on any atom is -0.328 e. The fourth-order valence-electron chi connectivity index (χ4n) is 2.86. The first kappa shape index (κ1) is 16.1. The van der Waals surface area contributed by atoms with Gasteiger partial charge in [0.1, 0.15) is 5.82 Å². The number of nitrogens with zero attached hydrogens (tertiary/aromatic N) is 2. The molecule has 1 aromatic carbocycles. The van der Waals surface area contributed by atoms with Crippen molar-refractivity contribution < 1.29 is 0 Å². The van der Waals surface area contributed by atoms with Crippen LogP contribution in [0.25, 0.3) is 11.0 Å². The van der Waals surface area contributed by atoms with E-state index in [1.54, 1.807) is 0 Å². The molecule has 0 saturated carbocycles. The minimum absolute atomic E-state index is 0.279. The number of fused-ring (bicyclic) bond motifs is 1. The molecule has 0 saturated heterocycles. The number of rotatable bonds is 7. The van der Waals surface area contributed by atoms with Gasteiger partial charge in [-0.25, -0.2) is 4.98 Å². The van der Waals surface area contributed by atoms with Crippen LogP contribution in [-0.4, -0.2) is 9.55 Å². The Hall–Kier alpha value is -1.31. The van der Waals surface area contributed by atoms with Crippen molar-refractivity contribution in [2.24, 2.45) is 5.41 Å². The maximum atomic E-state index is 4.88. The van der Waals surface area contributed by atoms with E-state index in [2.05, 4.69) is 56.5 Å². The number of imidazole rings is 1. The lowest BCUT2D eigenvalue weighted by atomic mass is 9.92. The molecule has 0 aliphatic heterocycles. The number of hydrogen-bond donors (Lipinski definition) is 0. The summed E-state index contributed by atoms with van der Waals surface area (Å²) in [6, 6.07) is 8.55. The van der Waals surface area contributed by atoms with Gasteiger partial charge in [0, 0.05) is 13.0 Å². The molecule has 2 nitrogen and oxygen atoms in total. The van der Waals surface area contributed by atoms with E-state index in [1.807, 2.05) is 0 Å². The number of aromatic nitrogens is 2. The number of benzene rings is 1. The van der Waals surface area contributed by atoms with Gasteiger partial charge in [-0.05, 0) is 24.0 Å². The summed E-state index contributed by atoms with van der Waals surface area (Å²) in [5.74, 6) is 1.25. The number of aryl methyl sites for hydroxylation is 1. The molecule has 0 N–H and O–H groups in total. The summed E-state index contributed by atoms with van der Waals surface area (Å²) < 4.78 is 2.45. The highest BCUT2D eigenvalue weighted by Gasteiger charge is 2.17. The van der Waals surface area contributed by atoms with Crippen LogP contribution in [0, 0.1) is 5.41 Å². The van der Waals surface area contributed by atoms with Crippen LogP contribution < -0.4 is 0 Å². The van der Waals surface area contributed by atoms with E-state index in [4.69, 9.17) is 4.98 Å². The van der Waals surface area contributed by atoms with Crippen LogP contribution in [0.5, 0.6) is 0 Å². The van der Waals surface area contributed by atoms with Crippen LogP contribution in [0.3, 0.4) is 0 Å². The van der Waals surface area contributed by atoms with Gasteiger partial charge in [0.05, 0.1) is 11.0 Å². The van der Waals surface area contributed by atoms with Crippen LogP contribution in [0.2, 0.25) is 0 Å². The number of unbranched alkanes of at least 4 members (excludes halogenated alkanes) is 4. The molecule has 1 heterocycles. The van der Waals surface area contributed by atoms with Gasteiger partial charge < -0.3 is 4.57 Å². The normalized spacial score (nSPS) is 12.2. The lowest BCUT2D eigenvalue weighted by Gasteiger charge is -2.19. The van der Waals surface area contributed by atoms with Gasteiger partial charge in [0.15, 0.2) is 0 Å². The highest BCUT2D eigenvalue weighted by Crippen LogP contribution is 2.24. The molecular formula is C19H30N2. The zero-order valence-electron chi connectivity index (χ0n) is 14.2. The Morgan fingerprint density at radius 1 is 1.00 bits per heavy atom. The summed E-state index contributed by atoms with van der Waals surface area (Å²) >= 11 is 0. The molecule has 1 aromatic heterocycles. The summed E-state index contributed by atoms with van der Waals surface area (Å²) in [7, 11) is 0. The summed E-state index contributed by atoms with van der Waals surface area (Å²) in [5, 5.41) is 0. The average molecular weight is 286 g/mol. The van der Waals surface area contributed by atoms with Crippen LogP contribution in [-0.2, 0) is 13.0 Å². The van der Waals surface area contributed by atoms with Crippen molar-refractivity contribution in [2.75, 3.05) is 0 Å². The van der Waals surface area contributed by atoms with Gasteiger partial charge in [-0.15, -0.1) is 0 Å². The Morgan fingerprint density at radius 2 is 1.71 bits per heavy atom. The molecule has 21 heavy (non-hydrogen) atoms.